The standard InChI is InChI=1S/C24H20FN3O2S/c1-15(16-6-9-20(10-7-16)31(2)30)27-24(29)22-11-8-18-13-26-14-21(23(18)28-22)17-4-3-5-19(25)12-17/h3-15H,1-2H3,(H,27,29). The summed E-state index contributed by atoms with van der Waals surface area (Å²) in [5.41, 5.74) is 3.03. The lowest BCUT2D eigenvalue weighted by Crippen LogP contribution is -2.27. The Kier molecular flexibility index (Phi) is 5.86. The van der Waals surface area contributed by atoms with E-state index in [0.29, 0.717) is 16.6 Å². The molecule has 2 atom stereocenters. The van der Waals surface area contributed by atoms with E-state index in [9.17, 15) is 13.4 Å². The zero-order chi connectivity index (χ0) is 22.0. The van der Waals surface area contributed by atoms with Crippen LogP contribution in [0.5, 0.6) is 0 Å². The molecule has 2 aromatic carbocycles. The predicted octanol–water partition coefficient (Wildman–Crippen LogP) is 4.66. The van der Waals surface area contributed by atoms with Gasteiger partial charge in [0.05, 0.1) is 11.6 Å². The summed E-state index contributed by atoms with van der Waals surface area (Å²) in [6.07, 6.45) is 4.90. The molecule has 7 heteroatoms. The van der Waals surface area contributed by atoms with E-state index in [2.05, 4.69) is 15.3 Å². The maximum absolute atomic E-state index is 13.7. The van der Waals surface area contributed by atoms with Gasteiger partial charge in [0.2, 0.25) is 0 Å². The SMILES string of the molecule is CC(NC(=O)c1ccc2cncc(-c3cccc(F)c3)c2n1)c1ccc(S(C)=O)cc1. The number of carbonyl (C=O) groups excluding carboxylic acids is 1. The molecule has 0 radical (unpaired) electrons. The lowest BCUT2D eigenvalue weighted by Gasteiger charge is -2.15. The average molecular weight is 434 g/mol. The fourth-order valence-corrected chi connectivity index (χ4v) is 3.86. The predicted molar refractivity (Wildman–Crippen MR) is 120 cm³/mol. The number of nitrogens with zero attached hydrogens (tertiary/aromatic N) is 2. The van der Waals surface area contributed by atoms with E-state index in [0.717, 1.165) is 15.8 Å². The highest BCUT2D eigenvalue weighted by Crippen LogP contribution is 2.27. The first kappa shape index (κ1) is 20.8. The first-order valence-electron chi connectivity index (χ1n) is 9.67. The van der Waals surface area contributed by atoms with Crippen molar-refractivity contribution in [3.05, 3.63) is 90.1 Å². The Balaban J connectivity index is 1.62. The minimum Gasteiger partial charge on any atom is -0.344 e. The van der Waals surface area contributed by atoms with Crippen molar-refractivity contribution in [3.63, 3.8) is 0 Å². The van der Waals surface area contributed by atoms with Crippen LogP contribution in [0.15, 0.2) is 78.0 Å². The van der Waals surface area contributed by atoms with E-state index in [1.807, 2.05) is 19.1 Å². The van der Waals surface area contributed by atoms with Crippen LogP contribution in [0.3, 0.4) is 0 Å². The smallest absolute Gasteiger partial charge is 0.270 e. The molecule has 4 rings (SSSR count). The summed E-state index contributed by atoms with van der Waals surface area (Å²) in [7, 11) is -1.05. The molecular formula is C24H20FN3O2S. The summed E-state index contributed by atoms with van der Waals surface area (Å²) in [6.45, 7) is 1.87. The summed E-state index contributed by atoms with van der Waals surface area (Å²) in [6, 6.07) is 16.6. The molecule has 0 aliphatic heterocycles. The number of nitrogens with one attached hydrogen (secondary N) is 1. The van der Waals surface area contributed by atoms with E-state index < -0.39 is 10.8 Å². The van der Waals surface area contributed by atoms with Gasteiger partial charge in [-0.25, -0.2) is 9.37 Å². The molecule has 31 heavy (non-hydrogen) atoms. The maximum atomic E-state index is 13.7. The first-order chi connectivity index (χ1) is 14.9. The molecular weight excluding hydrogens is 413 g/mol. The molecule has 156 valence electrons. The van der Waals surface area contributed by atoms with Crippen LogP contribution in [-0.4, -0.2) is 26.3 Å². The van der Waals surface area contributed by atoms with E-state index >= 15 is 0 Å². The highest BCUT2D eigenvalue weighted by Gasteiger charge is 2.15. The molecule has 2 aromatic heterocycles. The van der Waals surface area contributed by atoms with Gasteiger partial charge in [-0.15, -0.1) is 0 Å². The summed E-state index contributed by atoms with van der Waals surface area (Å²) >= 11 is 0. The molecule has 2 heterocycles. The quantitative estimate of drug-likeness (QED) is 0.497. The molecule has 1 N–H and O–H groups in total. The van der Waals surface area contributed by atoms with Crippen molar-refractivity contribution in [3.8, 4) is 11.1 Å². The van der Waals surface area contributed by atoms with Gasteiger partial charge in [0.15, 0.2) is 0 Å². The highest BCUT2D eigenvalue weighted by molar-refractivity contribution is 7.84. The molecule has 1 amide bonds. The minimum atomic E-state index is -1.05. The largest absolute Gasteiger partial charge is 0.344 e. The third-order valence-electron chi connectivity index (χ3n) is 5.03. The zero-order valence-corrected chi connectivity index (χ0v) is 17.8. The number of benzene rings is 2. The van der Waals surface area contributed by atoms with Crippen LogP contribution in [0.25, 0.3) is 22.0 Å². The van der Waals surface area contributed by atoms with Crippen LogP contribution >= 0.6 is 0 Å². The van der Waals surface area contributed by atoms with Crippen molar-refractivity contribution in [2.45, 2.75) is 17.9 Å². The normalized spacial score (nSPS) is 13.0. The summed E-state index contributed by atoms with van der Waals surface area (Å²) in [4.78, 5) is 22.4. The number of fused-ring (bicyclic) bond motifs is 1. The third-order valence-corrected chi connectivity index (χ3v) is 5.96. The monoisotopic (exact) mass is 433 g/mol. The Morgan fingerprint density at radius 2 is 1.84 bits per heavy atom. The zero-order valence-electron chi connectivity index (χ0n) is 17.0. The van der Waals surface area contributed by atoms with Crippen molar-refractivity contribution < 1.29 is 13.4 Å². The Morgan fingerprint density at radius 3 is 2.55 bits per heavy atom. The topological polar surface area (TPSA) is 72.0 Å². The Labute approximate surface area is 181 Å². The van der Waals surface area contributed by atoms with Crippen molar-refractivity contribution in [1.29, 1.82) is 0 Å². The van der Waals surface area contributed by atoms with E-state index in [1.54, 1.807) is 55.0 Å². The van der Waals surface area contributed by atoms with Gasteiger partial charge in [-0.3, -0.25) is 14.0 Å². The lowest BCUT2D eigenvalue weighted by atomic mass is 10.0. The van der Waals surface area contributed by atoms with Gasteiger partial charge in [-0.2, -0.15) is 0 Å². The van der Waals surface area contributed by atoms with Crippen molar-refractivity contribution in [2.24, 2.45) is 0 Å². The molecule has 0 spiro atoms. The number of rotatable bonds is 5. The van der Waals surface area contributed by atoms with Crippen LogP contribution in [0.2, 0.25) is 0 Å². The van der Waals surface area contributed by atoms with Gasteiger partial charge in [0.1, 0.15) is 11.5 Å². The van der Waals surface area contributed by atoms with Crippen LogP contribution < -0.4 is 5.32 Å². The molecule has 4 aromatic rings. The fourth-order valence-electron chi connectivity index (χ4n) is 3.34. The number of hydrogen-bond acceptors (Lipinski definition) is 4. The Bertz CT molecular complexity index is 1290. The summed E-state index contributed by atoms with van der Waals surface area (Å²) < 4.78 is 25.3. The molecule has 5 nitrogen and oxygen atoms in total. The number of carbonyl (C=O) groups is 1. The first-order valence-corrected chi connectivity index (χ1v) is 11.2. The third kappa shape index (κ3) is 4.51. The Morgan fingerprint density at radius 1 is 1.06 bits per heavy atom. The van der Waals surface area contributed by atoms with Crippen LogP contribution in [0, 0.1) is 5.82 Å². The van der Waals surface area contributed by atoms with Gasteiger partial charge in [0.25, 0.3) is 5.91 Å². The highest BCUT2D eigenvalue weighted by atomic mass is 32.2. The van der Waals surface area contributed by atoms with Crippen molar-refractivity contribution in [1.82, 2.24) is 15.3 Å². The molecule has 0 saturated carbocycles. The van der Waals surface area contributed by atoms with E-state index in [-0.39, 0.29) is 23.5 Å². The average Bonchev–Trinajstić information content (AvgIpc) is 2.78. The van der Waals surface area contributed by atoms with E-state index in [1.165, 1.54) is 12.1 Å². The molecule has 2 unspecified atom stereocenters. The second-order valence-electron chi connectivity index (χ2n) is 7.18. The van der Waals surface area contributed by atoms with Crippen LogP contribution in [-0.2, 0) is 10.8 Å². The molecule has 0 aliphatic rings. The number of halogens is 1. The molecule has 0 bridgehead atoms. The number of hydrogen-bond donors (Lipinski definition) is 1. The second kappa shape index (κ2) is 8.73. The Hall–Kier alpha value is -3.45. The second-order valence-corrected chi connectivity index (χ2v) is 8.56. The summed E-state index contributed by atoms with van der Waals surface area (Å²) in [5.74, 6) is -0.672. The molecule has 0 saturated heterocycles. The number of aromatic nitrogens is 2. The lowest BCUT2D eigenvalue weighted by molar-refractivity contribution is 0.0935. The fraction of sp³-hybridized carbons (Fsp3) is 0.125. The van der Waals surface area contributed by atoms with E-state index in [4.69, 9.17) is 0 Å². The minimum absolute atomic E-state index is 0.259. The van der Waals surface area contributed by atoms with Crippen molar-refractivity contribution in [2.75, 3.05) is 6.26 Å². The van der Waals surface area contributed by atoms with Crippen LogP contribution in [0.4, 0.5) is 4.39 Å². The molecule has 0 fully saturated rings. The van der Waals surface area contributed by atoms with Gasteiger partial charge in [0, 0.05) is 45.3 Å². The van der Waals surface area contributed by atoms with Gasteiger partial charge in [-0.05, 0) is 54.4 Å². The van der Waals surface area contributed by atoms with Crippen LogP contribution in [0.1, 0.15) is 29.0 Å². The van der Waals surface area contributed by atoms with Gasteiger partial charge >= 0.3 is 0 Å². The molecule has 0 aliphatic carbocycles. The maximum Gasteiger partial charge on any atom is 0.270 e. The number of amides is 1. The van der Waals surface area contributed by atoms with Crippen molar-refractivity contribution >= 4 is 27.6 Å². The number of pyridine rings is 2. The van der Waals surface area contributed by atoms with Gasteiger partial charge in [-0.1, -0.05) is 24.3 Å². The summed E-state index contributed by atoms with van der Waals surface area (Å²) in [5, 5.41) is 3.70. The van der Waals surface area contributed by atoms with Gasteiger partial charge < -0.3 is 5.32 Å².